The molecule has 0 amide bonds. The van der Waals surface area contributed by atoms with E-state index in [4.69, 9.17) is 16.3 Å². The molecule has 0 aromatic carbocycles. The molecule has 0 saturated carbocycles. The summed E-state index contributed by atoms with van der Waals surface area (Å²) in [5, 5.41) is 12.9. The van der Waals surface area contributed by atoms with Crippen molar-refractivity contribution in [2.45, 2.75) is 19.8 Å². The first-order chi connectivity index (χ1) is 12.0. The number of halogens is 2. The van der Waals surface area contributed by atoms with Crippen molar-refractivity contribution in [2.24, 2.45) is 10.4 Å². The van der Waals surface area contributed by atoms with Gasteiger partial charge in [-0.1, -0.05) is 24.3 Å². The minimum absolute atomic E-state index is 0.323. The van der Waals surface area contributed by atoms with E-state index < -0.39 is 11.4 Å². The summed E-state index contributed by atoms with van der Waals surface area (Å²) >= 11 is 6.11. The van der Waals surface area contributed by atoms with Gasteiger partial charge in [0.25, 0.3) is 0 Å². The van der Waals surface area contributed by atoms with E-state index in [1.54, 1.807) is 19.1 Å². The van der Waals surface area contributed by atoms with Gasteiger partial charge in [0.05, 0.1) is 23.1 Å². The molecule has 0 aliphatic carbocycles. The molecule has 1 aliphatic rings. The lowest BCUT2D eigenvalue weighted by molar-refractivity contribution is 0.0442. The van der Waals surface area contributed by atoms with Crippen LogP contribution in [-0.2, 0) is 4.74 Å². The Kier molecular flexibility index (Phi) is 6.68. The van der Waals surface area contributed by atoms with Crippen LogP contribution in [0.5, 0.6) is 0 Å². The summed E-state index contributed by atoms with van der Waals surface area (Å²) in [6.07, 6.45) is 5.87. The van der Waals surface area contributed by atoms with Crippen LogP contribution in [0.2, 0.25) is 5.02 Å². The molecule has 132 valence electrons. The summed E-state index contributed by atoms with van der Waals surface area (Å²) in [5.74, 6) is -0.134. The molecule has 0 spiro atoms. The van der Waals surface area contributed by atoms with E-state index >= 15 is 0 Å². The maximum atomic E-state index is 13.4. The molecule has 0 radical (unpaired) electrons. The van der Waals surface area contributed by atoms with Crippen LogP contribution in [0.4, 0.5) is 4.39 Å². The first-order valence-corrected chi connectivity index (χ1v) is 8.32. The third-order valence-corrected chi connectivity index (χ3v) is 4.40. The van der Waals surface area contributed by atoms with E-state index in [0.29, 0.717) is 54.7 Å². The molecule has 1 aromatic rings. The van der Waals surface area contributed by atoms with E-state index in [1.165, 1.54) is 12.3 Å². The number of aromatic nitrogens is 1. The predicted octanol–water partition coefficient (Wildman–Crippen LogP) is 3.73. The quantitative estimate of drug-likeness (QED) is 0.492. The van der Waals surface area contributed by atoms with E-state index in [0.717, 1.165) is 0 Å². The van der Waals surface area contributed by atoms with Crippen molar-refractivity contribution in [2.75, 3.05) is 19.8 Å². The Morgan fingerprint density at radius 3 is 2.92 bits per heavy atom. The van der Waals surface area contributed by atoms with E-state index in [1.807, 2.05) is 0 Å². The second-order valence-electron chi connectivity index (χ2n) is 5.72. The second-order valence-corrected chi connectivity index (χ2v) is 6.13. The van der Waals surface area contributed by atoms with E-state index in [2.05, 4.69) is 27.9 Å². The van der Waals surface area contributed by atoms with Crippen molar-refractivity contribution >= 4 is 23.1 Å². The lowest BCUT2D eigenvalue weighted by Gasteiger charge is -2.29. The fourth-order valence-electron chi connectivity index (χ4n) is 2.51. The molecule has 2 heterocycles. The summed E-state index contributed by atoms with van der Waals surface area (Å²) in [5.41, 5.74) is 0.542. The fourth-order valence-corrected chi connectivity index (χ4v) is 2.72. The van der Waals surface area contributed by atoms with Gasteiger partial charge in [-0.05, 0) is 25.8 Å². The molecule has 2 rings (SSSR count). The Hall–Kier alpha value is -2.23. The highest BCUT2D eigenvalue weighted by Crippen LogP contribution is 2.30. The molecule has 0 unspecified atom stereocenters. The second kappa shape index (κ2) is 8.75. The number of hydrogen-bond donors (Lipinski definition) is 1. The van der Waals surface area contributed by atoms with E-state index in [9.17, 15) is 9.65 Å². The number of nitrogens with one attached hydrogen (secondary N) is 1. The number of amidine groups is 1. The highest BCUT2D eigenvalue weighted by molar-refractivity contribution is 6.32. The van der Waals surface area contributed by atoms with Gasteiger partial charge < -0.3 is 10.1 Å². The molecule has 0 bridgehead atoms. The SMILES string of the molecule is C=CC(=NCC1(C#N)CCOCC1)NC(=CC)c1cc(F)ncc1Cl. The maximum absolute atomic E-state index is 13.4. The Labute approximate surface area is 151 Å². The van der Waals surface area contributed by atoms with Crippen LogP contribution in [0.15, 0.2) is 36.0 Å². The lowest BCUT2D eigenvalue weighted by Crippen LogP contribution is -2.32. The van der Waals surface area contributed by atoms with Gasteiger partial charge in [-0.15, -0.1) is 0 Å². The number of ether oxygens (including phenoxy) is 1. The largest absolute Gasteiger partial charge is 0.381 e. The maximum Gasteiger partial charge on any atom is 0.213 e. The molecule has 7 heteroatoms. The fraction of sp³-hybridized carbons (Fsp3) is 0.389. The average molecular weight is 363 g/mol. The third kappa shape index (κ3) is 4.88. The molecule has 25 heavy (non-hydrogen) atoms. The molecule has 0 atom stereocenters. The van der Waals surface area contributed by atoms with Gasteiger partial charge >= 0.3 is 0 Å². The first kappa shape index (κ1) is 19.1. The molecule has 1 saturated heterocycles. The number of hydrogen-bond acceptors (Lipinski definition) is 4. The normalized spacial score (nSPS) is 17.7. The number of allylic oxidation sites excluding steroid dienone is 1. The molecular formula is C18H20ClFN4O. The molecule has 1 fully saturated rings. The first-order valence-electron chi connectivity index (χ1n) is 7.94. The monoisotopic (exact) mass is 362 g/mol. The summed E-state index contributed by atoms with van der Waals surface area (Å²) < 4.78 is 18.8. The third-order valence-electron chi connectivity index (χ3n) is 4.10. The van der Waals surface area contributed by atoms with E-state index in [-0.39, 0.29) is 0 Å². The predicted molar refractivity (Wildman–Crippen MR) is 96.6 cm³/mol. The van der Waals surface area contributed by atoms with Crippen molar-refractivity contribution in [3.63, 3.8) is 0 Å². The summed E-state index contributed by atoms with van der Waals surface area (Å²) in [7, 11) is 0. The summed E-state index contributed by atoms with van der Waals surface area (Å²) in [6, 6.07) is 3.62. The Bertz CT molecular complexity index is 733. The molecular weight excluding hydrogens is 343 g/mol. The lowest BCUT2D eigenvalue weighted by atomic mass is 9.82. The zero-order valence-corrected chi connectivity index (χ0v) is 14.8. The van der Waals surface area contributed by atoms with Crippen LogP contribution in [0.25, 0.3) is 5.70 Å². The van der Waals surface area contributed by atoms with Crippen molar-refractivity contribution in [3.8, 4) is 6.07 Å². The van der Waals surface area contributed by atoms with Gasteiger partial charge in [0, 0.05) is 36.7 Å². The Morgan fingerprint density at radius 2 is 2.32 bits per heavy atom. The smallest absolute Gasteiger partial charge is 0.213 e. The van der Waals surface area contributed by atoms with Gasteiger partial charge in [0.1, 0.15) is 5.84 Å². The van der Waals surface area contributed by atoms with Crippen LogP contribution in [-0.4, -0.2) is 30.6 Å². The Morgan fingerprint density at radius 1 is 1.60 bits per heavy atom. The molecule has 1 aromatic heterocycles. The molecule has 1 aliphatic heterocycles. The average Bonchev–Trinajstić information content (AvgIpc) is 2.65. The van der Waals surface area contributed by atoms with Crippen molar-refractivity contribution < 1.29 is 9.13 Å². The summed E-state index contributed by atoms with van der Waals surface area (Å²) in [6.45, 7) is 7.01. The number of nitrogens with zero attached hydrogens (tertiary/aromatic N) is 3. The van der Waals surface area contributed by atoms with Crippen LogP contribution >= 0.6 is 11.6 Å². The number of rotatable bonds is 5. The van der Waals surface area contributed by atoms with Crippen LogP contribution in [0.1, 0.15) is 25.3 Å². The van der Waals surface area contributed by atoms with Gasteiger partial charge in [-0.2, -0.15) is 9.65 Å². The van der Waals surface area contributed by atoms with Gasteiger partial charge in [-0.3, -0.25) is 4.99 Å². The van der Waals surface area contributed by atoms with Gasteiger partial charge in [0.2, 0.25) is 5.95 Å². The minimum atomic E-state index is -0.622. The zero-order valence-electron chi connectivity index (χ0n) is 14.1. The summed E-state index contributed by atoms with van der Waals surface area (Å²) in [4.78, 5) is 8.01. The van der Waals surface area contributed by atoms with Crippen LogP contribution in [0, 0.1) is 22.7 Å². The number of pyridine rings is 1. The topological polar surface area (TPSA) is 70.3 Å². The minimum Gasteiger partial charge on any atom is -0.381 e. The molecule has 1 N–H and O–H groups in total. The van der Waals surface area contributed by atoms with Crippen LogP contribution < -0.4 is 5.32 Å². The highest BCUT2D eigenvalue weighted by atomic mass is 35.5. The van der Waals surface area contributed by atoms with Crippen molar-refractivity contribution in [3.05, 3.63) is 47.5 Å². The highest BCUT2D eigenvalue weighted by Gasteiger charge is 2.32. The number of nitriles is 1. The van der Waals surface area contributed by atoms with Crippen molar-refractivity contribution in [1.82, 2.24) is 10.3 Å². The standard InChI is InChI=1S/C18H20ClFN4O/c1-3-15(13-9-16(20)22-10-14(13)19)24-17(4-2)23-12-18(11-21)5-7-25-8-6-18/h3-4,9-10H,2,5-8,12H2,1H3,(H,23,24). The van der Waals surface area contributed by atoms with Gasteiger partial charge in [0.15, 0.2) is 0 Å². The van der Waals surface area contributed by atoms with Crippen molar-refractivity contribution in [1.29, 1.82) is 5.26 Å². The van der Waals surface area contributed by atoms with Crippen LogP contribution in [0.3, 0.4) is 0 Å². The van der Waals surface area contributed by atoms with Gasteiger partial charge in [-0.25, -0.2) is 4.98 Å². The Balaban J connectivity index is 2.18. The molecule has 5 nitrogen and oxygen atoms in total. The zero-order chi connectivity index (χ0) is 18.3. The number of aliphatic imine (C=N–C) groups is 1.